The lowest BCUT2D eigenvalue weighted by molar-refractivity contribution is -0.142. The Morgan fingerprint density at radius 3 is 2.72 bits per heavy atom. The van der Waals surface area contributed by atoms with Gasteiger partial charge in [-0.25, -0.2) is 0 Å². The van der Waals surface area contributed by atoms with E-state index in [9.17, 15) is 9.59 Å². The van der Waals surface area contributed by atoms with Gasteiger partial charge in [0.2, 0.25) is 18.6 Å². The van der Waals surface area contributed by atoms with Crippen LogP contribution in [0.5, 0.6) is 11.5 Å². The number of ether oxygens (including phenoxy) is 3. The van der Waals surface area contributed by atoms with Crippen molar-refractivity contribution < 1.29 is 28.2 Å². The average molecular weight is 463 g/mol. The SMILES string of the molecule is CC(Cl)C(=O)N(CC(=O)N(Cc1ccc2c(c1)OCO2)Cc1ccco1)CC1CCCO1. The summed E-state index contributed by atoms with van der Waals surface area (Å²) >= 11 is 6.07. The third-order valence-corrected chi connectivity index (χ3v) is 5.70. The number of halogens is 1. The first-order chi connectivity index (χ1) is 15.5. The van der Waals surface area contributed by atoms with Gasteiger partial charge in [0.1, 0.15) is 11.1 Å². The Morgan fingerprint density at radius 1 is 1.16 bits per heavy atom. The maximum absolute atomic E-state index is 13.4. The molecule has 3 heterocycles. The number of hydrogen-bond acceptors (Lipinski definition) is 6. The minimum Gasteiger partial charge on any atom is -0.467 e. The van der Waals surface area contributed by atoms with Gasteiger partial charge in [-0.1, -0.05) is 6.07 Å². The van der Waals surface area contributed by atoms with Gasteiger partial charge in [0, 0.05) is 19.7 Å². The number of alkyl halides is 1. The van der Waals surface area contributed by atoms with Crippen molar-refractivity contribution in [2.45, 2.75) is 44.3 Å². The van der Waals surface area contributed by atoms with E-state index in [2.05, 4.69) is 0 Å². The summed E-state index contributed by atoms with van der Waals surface area (Å²) in [6.45, 7) is 3.34. The van der Waals surface area contributed by atoms with Gasteiger partial charge in [0.05, 0.1) is 25.5 Å². The first-order valence-electron chi connectivity index (χ1n) is 10.7. The van der Waals surface area contributed by atoms with Crippen molar-refractivity contribution in [1.29, 1.82) is 0 Å². The maximum Gasteiger partial charge on any atom is 0.242 e. The van der Waals surface area contributed by atoms with Gasteiger partial charge in [-0.2, -0.15) is 0 Å². The first-order valence-corrected chi connectivity index (χ1v) is 11.2. The number of carbonyl (C=O) groups excluding carboxylic acids is 2. The van der Waals surface area contributed by atoms with Crippen LogP contribution in [0.1, 0.15) is 31.1 Å². The molecule has 1 aromatic carbocycles. The minimum absolute atomic E-state index is 0.0745. The lowest BCUT2D eigenvalue weighted by Gasteiger charge is -2.29. The second-order valence-corrected chi connectivity index (χ2v) is 8.64. The Bertz CT molecular complexity index is 927. The second kappa shape index (κ2) is 10.3. The normalized spacial score (nSPS) is 17.9. The Balaban J connectivity index is 1.50. The summed E-state index contributed by atoms with van der Waals surface area (Å²) < 4.78 is 22.0. The summed E-state index contributed by atoms with van der Waals surface area (Å²) in [5.41, 5.74) is 0.886. The molecule has 2 aromatic rings. The van der Waals surface area contributed by atoms with E-state index in [4.69, 9.17) is 30.2 Å². The van der Waals surface area contributed by atoms with Crippen LogP contribution in [-0.2, 0) is 27.4 Å². The van der Waals surface area contributed by atoms with Crippen LogP contribution in [0.2, 0.25) is 0 Å². The van der Waals surface area contributed by atoms with Crippen molar-refractivity contribution in [3.05, 3.63) is 47.9 Å². The molecule has 0 N–H and O–H groups in total. The number of furan rings is 1. The van der Waals surface area contributed by atoms with E-state index < -0.39 is 5.38 Å². The molecule has 9 heteroatoms. The van der Waals surface area contributed by atoms with Crippen LogP contribution in [0.25, 0.3) is 0 Å². The highest BCUT2D eigenvalue weighted by Crippen LogP contribution is 2.33. The molecule has 2 aliphatic heterocycles. The number of hydrogen-bond donors (Lipinski definition) is 0. The Morgan fingerprint density at radius 2 is 2.00 bits per heavy atom. The van der Waals surface area contributed by atoms with E-state index in [0.717, 1.165) is 18.4 Å². The van der Waals surface area contributed by atoms with Gasteiger partial charge in [0.25, 0.3) is 0 Å². The van der Waals surface area contributed by atoms with E-state index in [1.807, 2.05) is 24.3 Å². The summed E-state index contributed by atoms with van der Waals surface area (Å²) in [5.74, 6) is 1.50. The van der Waals surface area contributed by atoms with Gasteiger partial charge in [-0.05, 0) is 49.6 Å². The monoisotopic (exact) mass is 462 g/mol. The van der Waals surface area contributed by atoms with Gasteiger partial charge >= 0.3 is 0 Å². The molecule has 4 rings (SSSR count). The lowest BCUT2D eigenvalue weighted by Crippen LogP contribution is -2.47. The molecule has 1 fully saturated rings. The zero-order valence-corrected chi connectivity index (χ0v) is 18.8. The highest BCUT2D eigenvalue weighted by Gasteiger charge is 2.28. The molecule has 0 aliphatic carbocycles. The molecular weight excluding hydrogens is 436 g/mol. The van der Waals surface area contributed by atoms with Crippen molar-refractivity contribution in [3.8, 4) is 11.5 Å². The molecule has 1 aromatic heterocycles. The second-order valence-electron chi connectivity index (χ2n) is 7.99. The van der Waals surface area contributed by atoms with Crippen molar-refractivity contribution in [1.82, 2.24) is 9.80 Å². The molecule has 0 spiro atoms. The summed E-state index contributed by atoms with van der Waals surface area (Å²) in [7, 11) is 0. The molecule has 2 unspecified atom stereocenters. The van der Waals surface area contributed by atoms with Crippen LogP contribution in [0, 0.1) is 0 Å². The van der Waals surface area contributed by atoms with Crippen LogP contribution in [0.3, 0.4) is 0 Å². The number of benzene rings is 1. The molecule has 1 saturated heterocycles. The van der Waals surface area contributed by atoms with Crippen LogP contribution >= 0.6 is 11.6 Å². The molecule has 0 bridgehead atoms. The average Bonchev–Trinajstić information content (AvgIpc) is 3.54. The van der Waals surface area contributed by atoms with Crippen molar-refractivity contribution >= 4 is 23.4 Å². The molecule has 2 atom stereocenters. The molecule has 2 aliphatic rings. The molecule has 0 radical (unpaired) electrons. The smallest absolute Gasteiger partial charge is 0.242 e. The fourth-order valence-electron chi connectivity index (χ4n) is 3.86. The summed E-state index contributed by atoms with van der Waals surface area (Å²) in [4.78, 5) is 29.2. The van der Waals surface area contributed by atoms with E-state index in [0.29, 0.717) is 37.0 Å². The van der Waals surface area contributed by atoms with Crippen LogP contribution in [-0.4, -0.2) is 59.6 Å². The van der Waals surface area contributed by atoms with Crippen molar-refractivity contribution in [3.63, 3.8) is 0 Å². The van der Waals surface area contributed by atoms with Gasteiger partial charge in [-0.15, -0.1) is 11.6 Å². The lowest BCUT2D eigenvalue weighted by atomic mass is 10.1. The van der Waals surface area contributed by atoms with Crippen LogP contribution < -0.4 is 9.47 Å². The van der Waals surface area contributed by atoms with Gasteiger partial charge in [-0.3, -0.25) is 9.59 Å². The summed E-state index contributed by atoms with van der Waals surface area (Å²) in [5, 5.41) is -0.725. The first kappa shape index (κ1) is 22.5. The predicted octanol–water partition coefficient (Wildman–Crippen LogP) is 3.17. The highest BCUT2D eigenvalue weighted by atomic mass is 35.5. The zero-order valence-electron chi connectivity index (χ0n) is 18.0. The number of fused-ring (bicyclic) bond motifs is 1. The molecule has 32 heavy (non-hydrogen) atoms. The predicted molar refractivity (Wildman–Crippen MR) is 116 cm³/mol. The molecule has 172 valence electrons. The Labute approximate surface area is 192 Å². The standard InChI is InChI=1S/C23H27ClN2O6/c1-16(24)23(28)26(13-19-5-3-9-30-19)14-22(27)25(12-18-4-2-8-29-18)11-17-6-7-20-21(10-17)32-15-31-20/h2,4,6-8,10,16,19H,3,5,9,11-15H2,1H3. The fraction of sp³-hybridized carbons (Fsp3) is 0.478. The summed E-state index contributed by atoms with van der Waals surface area (Å²) in [6, 6.07) is 9.18. The maximum atomic E-state index is 13.4. The van der Waals surface area contributed by atoms with E-state index in [1.165, 1.54) is 4.90 Å². The minimum atomic E-state index is -0.725. The molecular formula is C23H27ClN2O6. The molecule has 2 amide bonds. The number of nitrogens with zero attached hydrogens (tertiary/aromatic N) is 2. The largest absolute Gasteiger partial charge is 0.467 e. The van der Waals surface area contributed by atoms with E-state index in [-0.39, 0.29) is 37.8 Å². The summed E-state index contributed by atoms with van der Waals surface area (Å²) in [6.07, 6.45) is 3.31. The van der Waals surface area contributed by atoms with Crippen molar-refractivity contribution in [2.75, 3.05) is 26.5 Å². The third kappa shape index (κ3) is 5.55. The van der Waals surface area contributed by atoms with Crippen LogP contribution in [0.4, 0.5) is 0 Å². The fourth-order valence-corrected chi connectivity index (χ4v) is 4.00. The van der Waals surface area contributed by atoms with E-state index in [1.54, 1.807) is 24.2 Å². The number of rotatable bonds is 9. The third-order valence-electron chi connectivity index (χ3n) is 5.52. The molecule has 0 saturated carbocycles. The Kier molecular flexibility index (Phi) is 7.22. The quantitative estimate of drug-likeness (QED) is 0.532. The highest BCUT2D eigenvalue weighted by molar-refractivity contribution is 6.30. The van der Waals surface area contributed by atoms with Gasteiger partial charge < -0.3 is 28.4 Å². The molecule has 8 nitrogen and oxygen atoms in total. The Hall–Kier alpha value is -2.71. The number of carbonyl (C=O) groups is 2. The zero-order chi connectivity index (χ0) is 22.5. The van der Waals surface area contributed by atoms with Crippen LogP contribution in [0.15, 0.2) is 41.0 Å². The van der Waals surface area contributed by atoms with E-state index >= 15 is 0 Å². The van der Waals surface area contributed by atoms with Crippen molar-refractivity contribution in [2.24, 2.45) is 0 Å². The van der Waals surface area contributed by atoms with Gasteiger partial charge in [0.15, 0.2) is 11.5 Å². The number of amides is 2. The topological polar surface area (TPSA) is 81.5 Å².